The average molecular weight is 314 g/mol. The predicted molar refractivity (Wildman–Crippen MR) is 77.9 cm³/mol. The number of thioether (sulfide) groups is 1. The van der Waals surface area contributed by atoms with E-state index in [9.17, 15) is 8.78 Å². The fraction of sp³-hybridized carbons (Fsp3) is 0.385. The summed E-state index contributed by atoms with van der Waals surface area (Å²) < 4.78 is 31.4. The Morgan fingerprint density at radius 2 is 2.19 bits per heavy atom. The number of aromatic nitrogens is 3. The zero-order valence-electron chi connectivity index (χ0n) is 11.9. The molecule has 0 aliphatic rings. The van der Waals surface area contributed by atoms with Crippen LogP contribution >= 0.6 is 11.8 Å². The highest BCUT2D eigenvalue weighted by Crippen LogP contribution is 2.25. The molecule has 0 bridgehead atoms. The van der Waals surface area contributed by atoms with E-state index in [1.165, 1.54) is 6.20 Å². The summed E-state index contributed by atoms with van der Waals surface area (Å²) in [5, 5.41) is 7.76. The van der Waals surface area contributed by atoms with Crippen molar-refractivity contribution in [2.24, 2.45) is 7.05 Å². The van der Waals surface area contributed by atoms with Crippen molar-refractivity contribution in [3.8, 4) is 5.88 Å². The third-order valence-corrected chi connectivity index (χ3v) is 3.56. The predicted octanol–water partition coefficient (Wildman–Crippen LogP) is 3.06. The van der Waals surface area contributed by atoms with E-state index in [1.54, 1.807) is 23.9 Å². The van der Waals surface area contributed by atoms with Crippen molar-refractivity contribution in [2.45, 2.75) is 24.3 Å². The molecule has 5 nitrogen and oxygen atoms in total. The highest BCUT2D eigenvalue weighted by Gasteiger charge is 2.13. The van der Waals surface area contributed by atoms with Gasteiger partial charge in [-0.15, -0.1) is 0 Å². The first-order valence-corrected chi connectivity index (χ1v) is 7.10. The molecule has 0 atom stereocenters. The number of nitrogens with one attached hydrogen (secondary N) is 1. The molecular formula is C13H16F2N4OS. The molecule has 0 radical (unpaired) electrons. The molecule has 0 spiro atoms. The molecule has 2 aromatic rings. The Morgan fingerprint density at radius 3 is 2.76 bits per heavy atom. The van der Waals surface area contributed by atoms with Gasteiger partial charge in [0.2, 0.25) is 5.88 Å². The molecule has 21 heavy (non-hydrogen) atoms. The average Bonchev–Trinajstić information content (AvgIpc) is 2.71. The minimum atomic E-state index is -2.46. The number of methoxy groups -OCH3 is 1. The lowest BCUT2D eigenvalue weighted by Gasteiger charge is -2.08. The fourth-order valence-electron chi connectivity index (χ4n) is 1.98. The van der Waals surface area contributed by atoms with E-state index in [0.29, 0.717) is 29.2 Å². The highest BCUT2D eigenvalue weighted by molar-refractivity contribution is 7.99. The van der Waals surface area contributed by atoms with Crippen LogP contribution in [0.5, 0.6) is 5.88 Å². The van der Waals surface area contributed by atoms with E-state index in [1.807, 2.05) is 14.0 Å². The molecule has 0 aromatic carbocycles. The SMILES string of the molecule is COc1c(CNc2ccc(SC(F)F)nc2)c(C)nn1C. The zero-order valence-corrected chi connectivity index (χ0v) is 12.7. The van der Waals surface area contributed by atoms with Crippen LogP contribution in [0.15, 0.2) is 23.4 Å². The number of halogens is 2. The lowest BCUT2D eigenvalue weighted by atomic mass is 10.2. The monoisotopic (exact) mass is 314 g/mol. The lowest BCUT2D eigenvalue weighted by molar-refractivity contribution is 0.252. The standard InChI is InChI=1S/C13H16F2N4OS/c1-8-10(12(20-3)19(2)18-8)7-16-9-4-5-11(17-6-9)21-13(14)15/h4-6,13,16H,7H2,1-3H3. The van der Waals surface area contributed by atoms with Crippen LogP contribution < -0.4 is 10.1 Å². The molecular weight excluding hydrogens is 298 g/mol. The van der Waals surface area contributed by atoms with Crippen LogP contribution in [-0.2, 0) is 13.6 Å². The number of pyridine rings is 1. The Balaban J connectivity index is 2.03. The first-order valence-electron chi connectivity index (χ1n) is 6.22. The molecule has 0 amide bonds. The van der Waals surface area contributed by atoms with Gasteiger partial charge in [-0.2, -0.15) is 13.9 Å². The Bertz CT molecular complexity index is 601. The molecule has 2 heterocycles. The van der Waals surface area contributed by atoms with Crippen molar-refractivity contribution in [1.82, 2.24) is 14.8 Å². The van der Waals surface area contributed by atoms with Crippen molar-refractivity contribution >= 4 is 17.4 Å². The van der Waals surface area contributed by atoms with E-state index in [4.69, 9.17) is 4.74 Å². The Labute approximate surface area is 125 Å². The molecule has 2 aromatic heterocycles. The first-order chi connectivity index (χ1) is 10.0. The van der Waals surface area contributed by atoms with E-state index in [-0.39, 0.29) is 0 Å². The number of hydrogen-bond donors (Lipinski definition) is 1. The number of ether oxygens (including phenoxy) is 1. The molecule has 8 heteroatoms. The summed E-state index contributed by atoms with van der Waals surface area (Å²) in [7, 11) is 3.41. The van der Waals surface area contributed by atoms with Gasteiger partial charge in [0.05, 0.1) is 30.3 Å². The molecule has 0 saturated heterocycles. The minimum Gasteiger partial charge on any atom is -0.481 e. The fourth-order valence-corrected chi connectivity index (χ4v) is 2.42. The summed E-state index contributed by atoms with van der Waals surface area (Å²) in [4.78, 5) is 3.97. The van der Waals surface area contributed by atoms with Crippen LogP contribution in [0.25, 0.3) is 0 Å². The molecule has 0 saturated carbocycles. The van der Waals surface area contributed by atoms with E-state index >= 15 is 0 Å². The van der Waals surface area contributed by atoms with Gasteiger partial charge in [0.15, 0.2) is 0 Å². The third kappa shape index (κ3) is 3.84. The highest BCUT2D eigenvalue weighted by atomic mass is 32.2. The van der Waals surface area contributed by atoms with Crippen LogP contribution in [0.1, 0.15) is 11.3 Å². The van der Waals surface area contributed by atoms with Gasteiger partial charge in [0.1, 0.15) is 5.03 Å². The first kappa shape index (κ1) is 15.6. The molecule has 114 valence electrons. The summed E-state index contributed by atoms with van der Waals surface area (Å²) in [6.45, 7) is 2.42. The number of hydrogen-bond acceptors (Lipinski definition) is 5. The van der Waals surface area contributed by atoms with Crippen LogP contribution in [-0.4, -0.2) is 27.6 Å². The van der Waals surface area contributed by atoms with Crippen molar-refractivity contribution in [2.75, 3.05) is 12.4 Å². The van der Waals surface area contributed by atoms with E-state index in [2.05, 4.69) is 15.4 Å². The van der Waals surface area contributed by atoms with Gasteiger partial charge in [0, 0.05) is 13.6 Å². The number of anilines is 1. The molecule has 0 aliphatic heterocycles. The van der Waals surface area contributed by atoms with Crippen LogP contribution in [0.2, 0.25) is 0 Å². The summed E-state index contributed by atoms with van der Waals surface area (Å²) in [5.41, 5.74) is 2.57. The van der Waals surface area contributed by atoms with Crippen molar-refractivity contribution in [3.05, 3.63) is 29.6 Å². The Morgan fingerprint density at radius 1 is 1.43 bits per heavy atom. The minimum absolute atomic E-state index is 0.297. The smallest absolute Gasteiger partial charge is 0.290 e. The number of nitrogens with zero attached hydrogens (tertiary/aromatic N) is 3. The maximum absolute atomic E-state index is 12.2. The van der Waals surface area contributed by atoms with Crippen molar-refractivity contribution in [1.29, 1.82) is 0 Å². The second-order valence-corrected chi connectivity index (χ2v) is 5.32. The van der Waals surface area contributed by atoms with E-state index < -0.39 is 5.76 Å². The zero-order chi connectivity index (χ0) is 15.4. The van der Waals surface area contributed by atoms with Gasteiger partial charge in [-0.1, -0.05) is 0 Å². The third-order valence-electron chi connectivity index (χ3n) is 2.90. The molecule has 0 fully saturated rings. The summed E-state index contributed by atoms with van der Waals surface area (Å²) >= 11 is 0.428. The summed E-state index contributed by atoms with van der Waals surface area (Å²) in [6.07, 6.45) is 1.53. The lowest BCUT2D eigenvalue weighted by Crippen LogP contribution is -2.03. The summed E-state index contributed by atoms with van der Waals surface area (Å²) in [6, 6.07) is 3.28. The van der Waals surface area contributed by atoms with Crippen LogP contribution in [0.4, 0.5) is 14.5 Å². The molecule has 0 unspecified atom stereocenters. The molecule has 1 N–H and O–H groups in total. The second-order valence-electron chi connectivity index (χ2n) is 4.31. The summed E-state index contributed by atoms with van der Waals surface area (Å²) in [5.74, 6) is -1.77. The van der Waals surface area contributed by atoms with Gasteiger partial charge in [-0.25, -0.2) is 9.67 Å². The van der Waals surface area contributed by atoms with Gasteiger partial charge >= 0.3 is 0 Å². The van der Waals surface area contributed by atoms with Crippen LogP contribution in [0.3, 0.4) is 0 Å². The molecule has 0 aliphatic carbocycles. The topological polar surface area (TPSA) is 52.0 Å². The maximum atomic E-state index is 12.2. The number of rotatable bonds is 6. The van der Waals surface area contributed by atoms with Gasteiger partial charge < -0.3 is 10.1 Å². The normalized spacial score (nSPS) is 11.0. The Kier molecular flexibility index (Phi) is 5.00. The van der Waals surface area contributed by atoms with E-state index in [0.717, 1.165) is 16.9 Å². The van der Waals surface area contributed by atoms with Crippen molar-refractivity contribution in [3.63, 3.8) is 0 Å². The number of alkyl halides is 2. The van der Waals surface area contributed by atoms with Crippen molar-refractivity contribution < 1.29 is 13.5 Å². The van der Waals surface area contributed by atoms with Gasteiger partial charge in [0.25, 0.3) is 5.76 Å². The maximum Gasteiger partial charge on any atom is 0.290 e. The molecule has 2 rings (SSSR count). The Hall–Kier alpha value is -1.83. The largest absolute Gasteiger partial charge is 0.481 e. The van der Waals surface area contributed by atoms with Gasteiger partial charge in [-0.3, -0.25) is 0 Å². The quantitative estimate of drug-likeness (QED) is 0.831. The number of aryl methyl sites for hydroxylation is 2. The van der Waals surface area contributed by atoms with Crippen LogP contribution in [0, 0.1) is 6.92 Å². The van der Waals surface area contributed by atoms with Gasteiger partial charge in [-0.05, 0) is 30.8 Å². The second kappa shape index (κ2) is 6.75.